The van der Waals surface area contributed by atoms with E-state index >= 15 is 0 Å². The number of nitrogens with zero attached hydrogens (tertiary/aromatic N) is 2. The highest BCUT2D eigenvalue weighted by molar-refractivity contribution is 6.35. The van der Waals surface area contributed by atoms with Crippen molar-refractivity contribution in [3.8, 4) is 5.75 Å². The van der Waals surface area contributed by atoms with Crippen LogP contribution in [0.5, 0.6) is 5.75 Å². The van der Waals surface area contributed by atoms with E-state index in [0.29, 0.717) is 42.2 Å². The molecule has 0 saturated carbocycles. The Labute approximate surface area is 172 Å². The average molecular weight is 405 g/mol. The van der Waals surface area contributed by atoms with E-state index in [1.807, 2.05) is 27.7 Å². The topological polar surface area (TPSA) is 79.3 Å². The van der Waals surface area contributed by atoms with Crippen LogP contribution in [0, 0.1) is 0 Å². The highest BCUT2D eigenvalue weighted by Gasteiger charge is 2.40. The first kappa shape index (κ1) is 22.9. The zero-order chi connectivity index (χ0) is 21.6. The van der Waals surface area contributed by atoms with Gasteiger partial charge in [-0.1, -0.05) is 12.1 Å². The predicted octanol–water partition coefficient (Wildman–Crippen LogP) is 2.29. The van der Waals surface area contributed by atoms with E-state index in [9.17, 15) is 14.7 Å². The molecule has 0 aromatic heterocycles. The van der Waals surface area contributed by atoms with E-state index in [1.165, 1.54) is 4.90 Å². The van der Waals surface area contributed by atoms with Gasteiger partial charge in [0.25, 0.3) is 11.8 Å². The largest absolute Gasteiger partial charge is 0.491 e. The Bertz CT molecular complexity index is 740. The summed E-state index contributed by atoms with van der Waals surface area (Å²) in [6, 6.07) is 7.17. The Morgan fingerprint density at radius 2 is 1.69 bits per heavy atom. The van der Waals surface area contributed by atoms with Crippen LogP contribution >= 0.6 is 0 Å². The van der Waals surface area contributed by atoms with Gasteiger partial charge in [-0.25, -0.2) is 0 Å². The first-order valence-corrected chi connectivity index (χ1v) is 10.1. The van der Waals surface area contributed by atoms with E-state index in [0.717, 1.165) is 0 Å². The van der Waals surface area contributed by atoms with Crippen LogP contribution in [0.25, 0.3) is 5.57 Å². The molecular formula is C22H32N2O5. The van der Waals surface area contributed by atoms with E-state index in [4.69, 9.17) is 9.47 Å². The molecule has 29 heavy (non-hydrogen) atoms. The summed E-state index contributed by atoms with van der Waals surface area (Å²) in [5.41, 5.74) is 1.32. The maximum atomic E-state index is 13.1. The molecule has 0 aliphatic carbocycles. The van der Waals surface area contributed by atoms with Gasteiger partial charge in [-0.05, 0) is 51.8 Å². The summed E-state index contributed by atoms with van der Waals surface area (Å²) in [6.07, 6.45) is 0.720. The third-order valence-electron chi connectivity index (χ3n) is 4.45. The lowest BCUT2D eigenvalue weighted by Gasteiger charge is -2.20. The summed E-state index contributed by atoms with van der Waals surface area (Å²) in [5, 5.41) is 9.31. The van der Waals surface area contributed by atoms with Crippen LogP contribution < -0.4 is 4.74 Å². The Hall–Kier alpha value is -2.38. The van der Waals surface area contributed by atoms with Gasteiger partial charge < -0.3 is 19.5 Å². The molecule has 160 valence electrons. The summed E-state index contributed by atoms with van der Waals surface area (Å²) in [6.45, 7) is 8.69. The molecule has 7 heteroatoms. The zero-order valence-electron chi connectivity index (χ0n) is 18.0. The number of ether oxygens (including phenoxy) is 2. The van der Waals surface area contributed by atoms with Crippen LogP contribution in [0.15, 0.2) is 30.0 Å². The molecule has 1 aliphatic rings. The number of imide groups is 1. The van der Waals surface area contributed by atoms with Crippen molar-refractivity contribution in [2.75, 3.05) is 33.4 Å². The molecule has 1 aromatic rings. The van der Waals surface area contributed by atoms with Crippen LogP contribution in [-0.4, -0.2) is 72.3 Å². The van der Waals surface area contributed by atoms with E-state index in [1.54, 1.807) is 36.2 Å². The van der Waals surface area contributed by atoms with Crippen LogP contribution in [-0.2, 0) is 14.3 Å². The molecule has 1 aromatic carbocycles. The standard InChI is InChI=1S/C22H32N2O5/c1-15(2)28-14-6-11-24-21(26)19(20(22(24)27)23(5)12-13-25)17-7-9-18(10-8-17)29-16(3)4/h7-10,15-16,25H,6,11-14H2,1-5H3. The third-order valence-corrected chi connectivity index (χ3v) is 4.45. The zero-order valence-corrected chi connectivity index (χ0v) is 18.0. The lowest BCUT2D eigenvalue weighted by atomic mass is 10.0. The Balaban J connectivity index is 2.28. The molecule has 1 heterocycles. The second-order valence-electron chi connectivity index (χ2n) is 7.59. The summed E-state index contributed by atoms with van der Waals surface area (Å²) in [5.74, 6) is 0.0407. The van der Waals surface area contributed by atoms with Crippen molar-refractivity contribution in [1.82, 2.24) is 9.80 Å². The lowest BCUT2D eigenvalue weighted by Crippen LogP contribution is -2.36. The highest BCUT2D eigenvalue weighted by atomic mass is 16.5. The fourth-order valence-electron chi connectivity index (χ4n) is 3.16. The fraction of sp³-hybridized carbons (Fsp3) is 0.545. The summed E-state index contributed by atoms with van der Waals surface area (Å²) in [7, 11) is 1.71. The molecule has 0 unspecified atom stereocenters. The number of hydrogen-bond donors (Lipinski definition) is 1. The fourth-order valence-corrected chi connectivity index (χ4v) is 3.16. The summed E-state index contributed by atoms with van der Waals surface area (Å²) >= 11 is 0. The van der Waals surface area contributed by atoms with Crippen molar-refractivity contribution < 1.29 is 24.2 Å². The number of aliphatic hydroxyl groups excluding tert-OH is 1. The molecule has 2 amide bonds. The number of rotatable bonds is 11. The van der Waals surface area contributed by atoms with Gasteiger partial charge in [-0.15, -0.1) is 0 Å². The normalized spacial score (nSPS) is 14.6. The Morgan fingerprint density at radius 3 is 2.24 bits per heavy atom. The van der Waals surface area contributed by atoms with E-state index in [-0.39, 0.29) is 37.2 Å². The quantitative estimate of drug-likeness (QED) is 0.450. The molecule has 0 atom stereocenters. The number of benzene rings is 1. The van der Waals surface area contributed by atoms with E-state index in [2.05, 4.69) is 0 Å². The minimum atomic E-state index is -0.340. The van der Waals surface area contributed by atoms with Crippen LogP contribution in [0.3, 0.4) is 0 Å². The molecule has 2 rings (SSSR count). The molecule has 1 aliphatic heterocycles. The number of aliphatic hydroxyl groups is 1. The van der Waals surface area contributed by atoms with Gasteiger partial charge in [0.15, 0.2) is 0 Å². The second-order valence-corrected chi connectivity index (χ2v) is 7.59. The van der Waals surface area contributed by atoms with Crippen molar-refractivity contribution in [3.63, 3.8) is 0 Å². The Kier molecular flexibility index (Phi) is 8.22. The molecule has 0 saturated heterocycles. The first-order valence-electron chi connectivity index (χ1n) is 10.1. The lowest BCUT2D eigenvalue weighted by molar-refractivity contribution is -0.137. The minimum absolute atomic E-state index is 0.0459. The van der Waals surface area contributed by atoms with Crippen molar-refractivity contribution in [3.05, 3.63) is 35.5 Å². The molecule has 0 bridgehead atoms. The number of carbonyl (C=O) groups excluding carboxylic acids is 2. The van der Waals surface area contributed by atoms with Crippen molar-refractivity contribution >= 4 is 17.4 Å². The summed E-state index contributed by atoms with van der Waals surface area (Å²) < 4.78 is 11.2. The average Bonchev–Trinajstić information content (AvgIpc) is 2.89. The van der Waals surface area contributed by atoms with Gasteiger partial charge in [0.1, 0.15) is 11.4 Å². The smallest absolute Gasteiger partial charge is 0.277 e. The van der Waals surface area contributed by atoms with Crippen molar-refractivity contribution in [2.24, 2.45) is 0 Å². The van der Waals surface area contributed by atoms with Crippen LogP contribution in [0.4, 0.5) is 0 Å². The maximum absolute atomic E-state index is 13.1. The van der Waals surface area contributed by atoms with Crippen molar-refractivity contribution in [2.45, 2.75) is 46.3 Å². The van der Waals surface area contributed by atoms with Gasteiger partial charge in [0.05, 0.1) is 24.4 Å². The number of likely N-dealkylation sites (N-methyl/N-ethyl adjacent to an activating group) is 1. The number of amides is 2. The second kappa shape index (κ2) is 10.4. The minimum Gasteiger partial charge on any atom is -0.491 e. The SMILES string of the molecule is CC(C)OCCCN1C(=O)C(c2ccc(OC(C)C)cc2)=C(N(C)CCO)C1=O. The van der Waals surface area contributed by atoms with Gasteiger partial charge in [0, 0.05) is 26.7 Å². The molecule has 1 N–H and O–H groups in total. The van der Waals surface area contributed by atoms with Gasteiger partial charge in [0.2, 0.25) is 0 Å². The van der Waals surface area contributed by atoms with Gasteiger partial charge >= 0.3 is 0 Å². The predicted molar refractivity (Wildman–Crippen MR) is 111 cm³/mol. The Morgan fingerprint density at radius 1 is 1.03 bits per heavy atom. The third kappa shape index (κ3) is 5.81. The number of carbonyl (C=O) groups is 2. The van der Waals surface area contributed by atoms with Gasteiger partial charge in [-0.2, -0.15) is 0 Å². The molecule has 0 spiro atoms. The molecule has 7 nitrogen and oxygen atoms in total. The van der Waals surface area contributed by atoms with Crippen LogP contribution in [0.1, 0.15) is 39.7 Å². The molecular weight excluding hydrogens is 372 g/mol. The van der Waals surface area contributed by atoms with Gasteiger partial charge in [-0.3, -0.25) is 14.5 Å². The first-order chi connectivity index (χ1) is 13.8. The summed E-state index contributed by atoms with van der Waals surface area (Å²) in [4.78, 5) is 29.0. The van der Waals surface area contributed by atoms with Crippen LogP contribution in [0.2, 0.25) is 0 Å². The van der Waals surface area contributed by atoms with Crippen molar-refractivity contribution in [1.29, 1.82) is 0 Å². The molecule has 0 fully saturated rings. The maximum Gasteiger partial charge on any atom is 0.277 e. The number of hydrogen-bond acceptors (Lipinski definition) is 6. The monoisotopic (exact) mass is 404 g/mol. The van der Waals surface area contributed by atoms with E-state index < -0.39 is 0 Å². The highest BCUT2D eigenvalue weighted by Crippen LogP contribution is 2.32. The molecule has 0 radical (unpaired) electrons.